The fourth-order valence-electron chi connectivity index (χ4n) is 2.44. The van der Waals surface area contributed by atoms with Gasteiger partial charge in [-0.05, 0) is 18.2 Å². The molecular weight excluding hydrogens is 390 g/mol. The Hall–Kier alpha value is -3.72. The molecule has 0 saturated heterocycles. The van der Waals surface area contributed by atoms with Crippen LogP contribution < -0.4 is 21.7 Å². The molecule has 8 nitrogen and oxygen atoms in total. The molecule has 3 aromatic rings. The minimum absolute atomic E-state index is 0.0577. The highest BCUT2D eigenvalue weighted by Gasteiger charge is 2.12. The molecule has 148 valence electrons. The van der Waals surface area contributed by atoms with Crippen LogP contribution in [-0.4, -0.2) is 29.4 Å². The highest BCUT2D eigenvalue weighted by atomic mass is 32.1. The van der Waals surface area contributed by atoms with Gasteiger partial charge in [-0.25, -0.2) is 9.78 Å². The molecule has 0 saturated carbocycles. The number of amides is 4. The minimum atomic E-state index is -0.493. The van der Waals surface area contributed by atoms with Crippen molar-refractivity contribution in [3.05, 3.63) is 65.7 Å². The van der Waals surface area contributed by atoms with Gasteiger partial charge in [0, 0.05) is 35.3 Å². The van der Waals surface area contributed by atoms with Crippen LogP contribution in [0.3, 0.4) is 0 Å². The van der Waals surface area contributed by atoms with Gasteiger partial charge in [0.2, 0.25) is 5.91 Å². The first-order valence-electron chi connectivity index (χ1n) is 8.77. The molecule has 0 bridgehead atoms. The number of aromatic nitrogens is 1. The molecule has 0 aliphatic heterocycles. The molecule has 4 amide bonds. The van der Waals surface area contributed by atoms with Crippen molar-refractivity contribution in [1.29, 1.82) is 0 Å². The van der Waals surface area contributed by atoms with Gasteiger partial charge in [0.05, 0.1) is 0 Å². The number of hydrogen-bond donors (Lipinski definition) is 4. The van der Waals surface area contributed by atoms with Crippen molar-refractivity contribution >= 4 is 40.6 Å². The van der Waals surface area contributed by atoms with Crippen molar-refractivity contribution < 1.29 is 14.4 Å². The molecule has 0 unspecified atom stereocenters. The van der Waals surface area contributed by atoms with E-state index in [0.717, 1.165) is 10.6 Å². The summed E-state index contributed by atoms with van der Waals surface area (Å²) in [4.78, 5) is 39.4. The zero-order valence-corrected chi connectivity index (χ0v) is 16.2. The van der Waals surface area contributed by atoms with Crippen molar-refractivity contribution in [3.8, 4) is 10.6 Å². The largest absolute Gasteiger partial charge is 0.370 e. The number of anilines is 2. The first-order valence-corrected chi connectivity index (χ1v) is 9.65. The van der Waals surface area contributed by atoms with Gasteiger partial charge in [0.25, 0.3) is 5.91 Å². The van der Waals surface area contributed by atoms with Crippen LogP contribution in [0.25, 0.3) is 10.6 Å². The molecule has 0 atom stereocenters. The number of primary amides is 1. The van der Waals surface area contributed by atoms with E-state index in [4.69, 9.17) is 5.73 Å². The third-order valence-electron chi connectivity index (χ3n) is 3.79. The zero-order valence-electron chi connectivity index (χ0n) is 15.3. The predicted molar refractivity (Wildman–Crippen MR) is 113 cm³/mol. The highest BCUT2D eigenvalue weighted by Crippen LogP contribution is 2.24. The second-order valence-corrected chi connectivity index (χ2v) is 6.89. The van der Waals surface area contributed by atoms with Crippen LogP contribution in [0.4, 0.5) is 16.2 Å². The summed E-state index contributed by atoms with van der Waals surface area (Å²) in [5, 5.41) is 10.4. The van der Waals surface area contributed by atoms with Gasteiger partial charge in [-0.1, -0.05) is 36.4 Å². The lowest BCUT2D eigenvalue weighted by molar-refractivity contribution is -0.117. The number of hydrogen-bond acceptors (Lipinski definition) is 5. The Morgan fingerprint density at radius 1 is 0.966 bits per heavy atom. The fraction of sp³-hybridized carbons (Fsp3) is 0.100. The molecule has 3 rings (SSSR count). The lowest BCUT2D eigenvalue weighted by Gasteiger charge is -2.09. The van der Waals surface area contributed by atoms with E-state index in [1.165, 1.54) is 11.3 Å². The molecule has 0 aliphatic carbocycles. The second kappa shape index (κ2) is 9.47. The van der Waals surface area contributed by atoms with Crippen molar-refractivity contribution in [1.82, 2.24) is 10.3 Å². The van der Waals surface area contributed by atoms with Gasteiger partial charge in [0.1, 0.15) is 10.7 Å². The van der Waals surface area contributed by atoms with Crippen LogP contribution in [0.1, 0.15) is 16.9 Å². The van der Waals surface area contributed by atoms with Crippen LogP contribution >= 0.6 is 11.3 Å². The molecule has 1 aromatic heterocycles. The van der Waals surface area contributed by atoms with E-state index in [9.17, 15) is 14.4 Å². The molecule has 29 heavy (non-hydrogen) atoms. The third-order valence-corrected chi connectivity index (χ3v) is 4.68. The standard InChI is InChI=1S/C20H19N5O3S/c21-17(26)9-10-22-20(28)24-15-8-4-7-14(11-15)23-18(27)16-12-29-19(25-16)13-5-2-1-3-6-13/h1-8,11-12H,9-10H2,(H2,21,26)(H,23,27)(H2,22,24,28). The molecule has 2 aromatic carbocycles. The van der Waals surface area contributed by atoms with Crippen molar-refractivity contribution in [2.45, 2.75) is 6.42 Å². The summed E-state index contributed by atoms with van der Waals surface area (Å²) in [5.41, 5.74) is 7.29. The van der Waals surface area contributed by atoms with E-state index in [-0.39, 0.29) is 18.9 Å². The van der Waals surface area contributed by atoms with E-state index in [1.54, 1.807) is 29.6 Å². The Morgan fingerprint density at radius 3 is 2.41 bits per heavy atom. The molecule has 0 fully saturated rings. The van der Waals surface area contributed by atoms with Gasteiger partial charge < -0.3 is 21.7 Å². The maximum absolute atomic E-state index is 12.5. The summed E-state index contributed by atoms with van der Waals surface area (Å²) < 4.78 is 0. The van der Waals surface area contributed by atoms with E-state index in [2.05, 4.69) is 20.9 Å². The van der Waals surface area contributed by atoms with Gasteiger partial charge in [-0.3, -0.25) is 9.59 Å². The average Bonchev–Trinajstić information content (AvgIpc) is 3.19. The van der Waals surface area contributed by atoms with E-state index >= 15 is 0 Å². The molecule has 1 heterocycles. The molecule has 0 spiro atoms. The van der Waals surface area contributed by atoms with E-state index < -0.39 is 11.9 Å². The van der Waals surface area contributed by atoms with Crippen LogP contribution in [0.2, 0.25) is 0 Å². The topological polar surface area (TPSA) is 126 Å². The Labute approximate surface area is 171 Å². The summed E-state index contributed by atoms with van der Waals surface area (Å²) in [6.45, 7) is 0.144. The van der Waals surface area contributed by atoms with Gasteiger partial charge in [0.15, 0.2) is 0 Å². The number of benzene rings is 2. The van der Waals surface area contributed by atoms with E-state index in [0.29, 0.717) is 17.1 Å². The highest BCUT2D eigenvalue weighted by molar-refractivity contribution is 7.13. The smallest absolute Gasteiger partial charge is 0.319 e. The van der Waals surface area contributed by atoms with Crippen LogP contribution in [0.15, 0.2) is 60.0 Å². The zero-order chi connectivity index (χ0) is 20.6. The maximum Gasteiger partial charge on any atom is 0.319 e. The van der Waals surface area contributed by atoms with Gasteiger partial charge >= 0.3 is 6.03 Å². The Kier molecular flexibility index (Phi) is 6.54. The lowest BCUT2D eigenvalue weighted by Crippen LogP contribution is -2.31. The first-order chi connectivity index (χ1) is 14.0. The predicted octanol–water partition coefficient (Wildman–Crippen LogP) is 3.06. The molecule has 0 aliphatic rings. The first kappa shape index (κ1) is 20.0. The summed E-state index contributed by atoms with van der Waals surface area (Å²) in [6, 6.07) is 15.9. The number of nitrogens with zero attached hydrogens (tertiary/aromatic N) is 1. The number of rotatable bonds is 7. The van der Waals surface area contributed by atoms with Gasteiger partial charge in [-0.2, -0.15) is 0 Å². The van der Waals surface area contributed by atoms with Crippen molar-refractivity contribution in [2.24, 2.45) is 5.73 Å². The SMILES string of the molecule is NC(=O)CCNC(=O)Nc1cccc(NC(=O)c2csc(-c3ccccc3)n2)c1. The Balaban J connectivity index is 1.60. The average molecular weight is 409 g/mol. The normalized spacial score (nSPS) is 10.2. The van der Waals surface area contributed by atoms with Crippen molar-refractivity contribution in [3.63, 3.8) is 0 Å². The van der Waals surface area contributed by atoms with Crippen molar-refractivity contribution in [2.75, 3.05) is 17.2 Å². The van der Waals surface area contributed by atoms with E-state index in [1.807, 2.05) is 30.3 Å². The molecule has 5 N–H and O–H groups in total. The quantitative estimate of drug-likeness (QED) is 0.478. The van der Waals surface area contributed by atoms with Crippen LogP contribution in [0.5, 0.6) is 0 Å². The second-order valence-electron chi connectivity index (χ2n) is 6.04. The summed E-state index contributed by atoms with van der Waals surface area (Å²) in [7, 11) is 0. The number of nitrogens with one attached hydrogen (secondary N) is 3. The number of carbonyl (C=O) groups excluding carboxylic acids is 3. The fourth-order valence-corrected chi connectivity index (χ4v) is 3.24. The van der Waals surface area contributed by atoms with Crippen LogP contribution in [-0.2, 0) is 4.79 Å². The molecule has 0 radical (unpaired) electrons. The Bertz CT molecular complexity index is 1020. The monoisotopic (exact) mass is 409 g/mol. The van der Waals surface area contributed by atoms with Gasteiger partial charge in [-0.15, -0.1) is 11.3 Å². The summed E-state index contributed by atoms with van der Waals surface area (Å²) in [5.74, 6) is -0.834. The molecular formula is C20H19N5O3S. The van der Waals surface area contributed by atoms with Crippen LogP contribution in [0, 0.1) is 0 Å². The number of urea groups is 1. The lowest BCUT2D eigenvalue weighted by atomic mass is 10.2. The summed E-state index contributed by atoms with van der Waals surface area (Å²) >= 11 is 1.39. The minimum Gasteiger partial charge on any atom is -0.370 e. The Morgan fingerprint density at radius 2 is 1.69 bits per heavy atom. The number of carbonyl (C=O) groups is 3. The number of thiazole rings is 1. The number of nitrogens with two attached hydrogens (primary N) is 1. The third kappa shape index (κ3) is 5.88. The molecule has 9 heteroatoms. The summed E-state index contributed by atoms with van der Waals surface area (Å²) in [6.07, 6.45) is 0.0577. The maximum atomic E-state index is 12.5.